The fraction of sp³-hybridized carbons (Fsp3) is 0.105. The van der Waals surface area contributed by atoms with E-state index in [2.05, 4.69) is 20.3 Å². The summed E-state index contributed by atoms with van der Waals surface area (Å²) in [6.07, 6.45) is 4.86. The van der Waals surface area contributed by atoms with Gasteiger partial charge < -0.3 is 0 Å². The van der Waals surface area contributed by atoms with E-state index < -0.39 is 22.5 Å². The van der Waals surface area contributed by atoms with Gasteiger partial charge in [0.25, 0.3) is 5.91 Å². The number of sulfonamides is 1. The van der Waals surface area contributed by atoms with Gasteiger partial charge >= 0.3 is 0 Å². The molecule has 0 bridgehead atoms. The van der Waals surface area contributed by atoms with Crippen LogP contribution in [-0.2, 0) is 21.4 Å². The van der Waals surface area contributed by atoms with E-state index in [9.17, 15) is 13.2 Å². The first kappa shape index (κ1) is 19.5. The monoisotopic (exact) mass is 397 g/mol. The second-order valence-electron chi connectivity index (χ2n) is 5.89. The fourth-order valence-electron chi connectivity index (χ4n) is 2.37. The van der Waals surface area contributed by atoms with Gasteiger partial charge in [0.2, 0.25) is 10.0 Å². The molecule has 1 amide bonds. The largest absolute Gasteiger partial charge is 0.272 e. The minimum atomic E-state index is -3.74. The molecule has 0 unspecified atom stereocenters. The molecular formula is C19H19N5O3S. The lowest BCUT2D eigenvalue weighted by atomic mass is 10.2. The molecule has 1 heterocycles. The van der Waals surface area contributed by atoms with Crippen molar-refractivity contribution < 1.29 is 13.2 Å². The first-order valence-corrected chi connectivity index (χ1v) is 9.94. The lowest BCUT2D eigenvalue weighted by Crippen LogP contribution is -2.34. The molecule has 0 aliphatic heterocycles. The van der Waals surface area contributed by atoms with Gasteiger partial charge in [0.05, 0.1) is 30.4 Å². The summed E-state index contributed by atoms with van der Waals surface area (Å²) in [6, 6.07) is 17.7. The summed E-state index contributed by atoms with van der Waals surface area (Å²) in [5.41, 5.74) is 4.11. The number of benzene rings is 2. The number of hydrogen-bond acceptors (Lipinski definition) is 5. The van der Waals surface area contributed by atoms with Crippen LogP contribution in [0.2, 0.25) is 0 Å². The number of nitrogens with zero attached hydrogens (tertiary/aromatic N) is 3. The normalized spacial score (nSPS) is 11.6. The third kappa shape index (κ3) is 5.60. The van der Waals surface area contributed by atoms with E-state index in [0.29, 0.717) is 12.1 Å². The molecule has 3 rings (SSSR count). The number of rotatable bonds is 8. The Bertz CT molecular complexity index is 1050. The molecule has 0 aliphatic carbocycles. The number of aromatic nitrogens is 2. The molecule has 144 valence electrons. The smallest absolute Gasteiger partial charge is 0.255 e. The number of hydrazone groups is 1. The minimum absolute atomic E-state index is 0.0946. The molecule has 28 heavy (non-hydrogen) atoms. The van der Waals surface area contributed by atoms with Gasteiger partial charge in [-0.05, 0) is 17.7 Å². The molecule has 0 spiro atoms. The van der Waals surface area contributed by atoms with Crippen LogP contribution in [0.5, 0.6) is 0 Å². The Kier molecular flexibility index (Phi) is 6.30. The fourth-order valence-corrected chi connectivity index (χ4v) is 3.37. The van der Waals surface area contributed by atoms with Gasteiger partial charge in [-0.3, -0.25) is 9.48 Å². The lowest BCUT2D eigenvalue weighted by Gasteiger charge is -2.05. The van der Waals surface area contributed by atoms with Gasteiger partial charge in [0.1, 0.15) is 0 Å². The Labute approximate surface area is 163 Å². The van der Waals surface area contributed by atoms with E-state index in [1.807, 2.05) is 30.3 Å². The van der Waals surface area contributed by atoms with Gasteiger partial charge in [0.15, 0.2) is 0 Å². The highest BCUT2D eigenvalue weighted by atomic mass is 32.2. The zero-order valence-corrected chi connectivity index (χ0v) is 15.7. The standard InChI is InChI=1S/C19H19N5O3S/c25-19(13-22-28(26,27)18-9-5-2-6-10-18)23-20-11-17-12-21-24(15-17)14-16-7-3-1-4-8-16/h1-12,15,22H,13-14H2,(H,23,25)/b20-11-. The first-order chi connectivity index (χ1) is 13.5. The summed E-state index contributed by atoms with van der Waals surface area (Å²) >= 11 is 0. The van der Waals surface area contributed by atoms with Crippen LogP contribution in [0.4, 0.5) is 0 Å². The van der Waals surface area contributed by atoms with Gasteiger partial charge in [-0.1, -0.05) is 48.5 Å². The first-order valence-electron chi connectivity index (χ1n) is 8.46. The third-order valence-electron chi connectivity index (χ3n) is 3.72. The third-order valence-corrected chi connectivity index (χ3v) is 5.14. The molecule has 1 aromatic heterocycles. The van der Waals surface area contributed by atoms with Crippen molar-refractivity contribution in [2.24, 2.45) is 5.10 Å². The van der Waals surface area contributed by atoms with Gasteiger partial charge in [-0.15, -0.1) is 0 Å². The van der Waals surface area contributed by atoms with Crippen molar-refractivity contribution in [1.82, 2.24) is 19.9 Å². The number of amides is 1. The molecule has 0 aliphatic rings. The Balaban J connectivity index is 1.47. The maximum Gasteiger partial charge on any atom is 0.255 e. The van der Waals surface area contributed by atoms with Crippen molar-refractivity contribution in [1.29, 1.82) is 0 Å². The molecule has 8 nitrogen and oxygen atoms in total. The Morgan fingerprint density at radius 3 is 2.46 bits per heavy atom. The van der Waals surface area contributed by atoms with Gasteiger partial charge in [0, 0.05) is 11.8 Å². The second-order valence-corrected chi connectivity index (χ2v) is 7.65. The van der Waals surface area contributed by atoms with E-state index in [-0.39, 0.29) is 4.90 Å². The van der Waals surface area contributed by atoms with E-state index in [1.54, 1.807) is 35.3 Å². The van der Waals surface area contributed by atoms with E-state index in [0.717, 1.165) is 5.56 Å². The van der Waals surface area contributed by atoms with Crippen LogP contribution in [0, 0.1) is 0 Å². The molecule has 9 heteroatoms. The van der Waals surface area contributed by atoms with Crippen molar-refractivity contribution >= 4 is 22.1 Å². The number of carbonyl (C=O) groups is 1. The highest BCUT2D eigenvalue weighted by Crippen LogP contribution is 2.06. The Hall–Kier alpha value is -3.30. The molecule has 3 aromatic rings. The Morgan fingerprint density at radius 2 is 1.75 bits per heavy atom. The van der Waals surface area contributed by atoms with Crippen LogP contribution < -0.4 is 10.1 Å². The molecule has 0 saturated carbocycles. The molecule has 0 fully saturated rings. The molecule has 0 saturated heterocycles. The van der Waals surface area contributed by atoms with Crippen LogP contribution in [0.25, 0.3) is 0 Å². The van der Waals surface area contributed by atoms with E-state index >= 15 is 0 Å². The number of hydrogen-bond donors (Lipinski definition) is 2. The number of nitrogens with one attached hydrogen (secondary N) is 2. The van der Waals surface area contributed by atoms with Crippen molar-refractivity contribution in [2.45, 2.75) is 11.4 Å². The van der Waals surface area contributed by atoms with Crippen LogP contribution in [0.15, 0.2) is 83.1 Å². The second kappa shape index (κ2) is 9.07. The van der Waals surface area contributed by atoms with Gasteiger partial charge in [-0.2, -0.15) is 10.2 Å². The SMILES string of the molecule is O=C(CNS(=O)(=O)c1ccccc1)N/N=C\c1cnn(Cc2ccccc2)c1. The topological polar surface area (TPSA) is 105 Å². The minimum Gasteiger partial charge on any atom is -0.272 e. The highest BCUT2D eigenvalue weighted by molar-refractivity contribution is 7.89. The molecule has 2 N–H and O–H groups in total. The molecule has 0 atom stereocenters. The summed E-state index contributed by atoms with van der Waals surface area (Å²) in [6.45, 7) is 0.212. The quantitative estimate of drug-likeness (QED) is 0.442. The van der Waals surface area contributed by atoms with Crippen LogP contribution >= 0.6 is 0 Å². The van der Waals surface area contributed by atoms with Crippen LogP contribution in [-0.4, -0.2) is 36.9 Å². The Morgan fingerprint density at radius 1 is 1.07 bits per heavy atom. The van der Waals surface area contributed by atoms with Crippen molar-refractivity contribution in [3.63, 3.8) is 0 Å². The molecule has 2 aromatic carbocycles. The van der Waals surface area contributed by atoms with Crippen molar-refractivity contribution in [3.8, 4) is 0 Å². The predicted molar refractivity (Wildman–Crippen MR) is 105 cm³/mol. The zero-order chi connectivity index (χ0) is 19.8. The van der Waals surface area contributed by atoms with Crippen LogP contribution in [0.1, 0.15) is 11.1 Å². The molecule has 0 radical (unpaired) electrons. The summed E-state index contributed by atoms with van der Waals surface area (Å²) in [4.78, 5) is 11.9. The summed E-state index contributed by atoms with van der Waals surface area (Å²) in [5, 5.41) is 8.06. The molecular weight excluding hydrogens is 378 g/mol. The van der Waals surface area contributed by atoms with E-state index in [1.165, 1.54) is 18.3 Å². The van der Waals surface area contributed by atoms with Gasteiger partial charge in [-0.25, -0.2) is 18.6 Å². The highest BCUT2D eigenvalue weighted by Gasteiger charge is 2.14. The summed E-state index contributed by atoms with van der Waals surface area (Å²) in [5.74, 6) is -0.576. The maximum absolute atomic E-state index is 12.0. The van der Waals surface area contributed by atoms with Crippen molar-refractivity contribution in [2.75, 3.05) is 6.54 Å². The number of carbonyl (C=O) groups excluding carboxylic acids is 1. The summed E-state index contributed by atoms with van der Waals surface area (Å²) in [7, 11) is -3.74. The van der Waals surface area contributed by atoms with E-state index in [4.69, 9.17) is 0 Å². The zero-order valence-electron chi connectivity index (χ0n) is 14.9. The predicted octanol–water partition coefficient (Wildman–Crippen LogP) is 1.36. The lowest BCUT2D eigenvalue weighted by molar-refractivity contribution is -0.119. The summed E-state index contributed by atoms with van der Waals surface area (Å²) < 4.78 is 28.1. The van der Waals surface area contributed by atoms with Crippen LogP contribution in [0.3, 0.4) is 0 Å². The van der Waals surface area contributed by atoms with Crippen molar-refractivity contribution in [3.05, 3.63) is 84.2 Å². The average molecular weight is 397 g/mol. The maximum atomic E-state index is 12.0. The average Bonchev–Trinajstić information content (AvgIpc) is 3.15.